The van der Waals surface area contributed by atoms with Gasteiger partial charge in [0.25, 0.3) is 0 Å². The fraction of sp³-hybridized carbons (Fsp3) is 0.357. The van der Waals surface area contributed by atoms with Gasteiger partial charge in [0, 0.05) is 5.41 Å². The van der Waals surface area contributed by atoms with Crippen molar-refractivity contribution in [2.24, 2.45) is 0 Å². The average molecular weight is 373 g/mol. The summed E-state index contributed by atoms with van der Waals surface area (Å²) in [7, 11) is 0. The molecule has 0 radical (unpaired) electrons. The van der Waals surface area contributed by atoms with Crippen molar-refractivity contribution >= 4 is 0 Å². The SMILES string of the molecule is C=C/C=C(\C(=C)C)C(C)(C)c1cccc(CC(C)(C)c2ccccc2C)c1C. The number of allylic oxidation sites excluding steroid dienone is 4. The van der Waals surface area contributed by atoms with E-state index in [4.69, 9.17) is 0 Å². The van der Waals surface area contributed by atoms with E-state index in [1.165, 1.54) is 33.4 Å². The van der Waals surface area contributed by atoms with Crippen LogP contribution in [0.4, 0.5) is 0 Å². The molecule has 0 heterocycles. The third-order valence-corrected chi connectivity index (χ3v) is 6.04. The molecule has 0 bridgehead atoms. The lowest BCUT2D eigenvalue weighted by Crippen LogP contribution is -2.25. The number of aryl methyl sites for hydroxylation is 1. The van der Waals surface area contributed by atoms with Crippen LogP contribution in [0.3, 0.4) is 0 Å². The fourth-order valence-corrected chi connectivity index (χ4v) is 4.60. The van der Waals surface area contributed by atoms with Crippen molar-refractivity contribution in [1.29, 1.82) is 0 Å². The van der Waals surface area contributed by atoms with Gasteiger partial charge in [-0.05, 0) is 66.0 Å². The van der Waals surface area contributed by atoms with E-state index in [0.29, 0.717) is 0 Å². The van der Waals surface area contributed by atoms with Crippen molar-refractivity contribution in [2.45, 2.75) is 65.7 Å². The standard InChI is InChI=1S/C28H36/c1-10-14-24(20(2)3)28(8,9)26-18-13-16-23(22(26)5)19-27(6,7)25-17-12-11-15-21(25)4/h10-18H,1-2,19H2,3-9H3/b24-14+. The van der Waals surface area contributed by atoms with E-state index in [1.54, 1.807) is 0 Å². The summed E-state index contributed by atoms with van der Waals surface area (Å²) >= 11 is 0. The van der Waals surface area contributed by atoms with E-state index in [0.717, 1.165) is 12.0 Å². The third-order valence-electron chi connectivity index (χ3n) is 6.04. The highest BCUT2D eigenvalue weighted by atomic mass is 14.3. The van der Waals surface area contributed by atoms with Crippen molar-refractivity contribution < 1.29 is 0 Å². The number of benzene rings is 2. The van der Waals surface area contributed by atoms with Crippen LogP contribution in [-0.4, -0.2) is 0 Å². The van der Waals surface area contributed by atoms with Gasteiger partial charge in [0.05, 0.1) is 0 Å². The molecule has 0 aliphatic heterocycles. The molecule has 2 aromatic rings. The monoisotopic (exact) mass is 372 g/mol. The zero-order valence-electron chi connectivity index (χ0n) is 18.8. The fourth-order valence-electron chi connectivity index (χ4n) is 4.60. The van der Waals surface area contributed by atoms with Gasteiger partial charge in [0.2, 0.25) is 0 Å². The Bertz CT molecular complexity index is 903. The molecule has 0 fully saturated rings. The lowest BCUT2D eigenvalue weighted by atomic mass is 9.71. The van der Waals surface area contributed by atoms with Gasteiger partial charge in [0.15, 0.2) is 0 Å². The normalized spacial score (nSPS) is 12.8. The Labute approximate surface area is 172 Å². The largest absolute Gasteiger partial charge is 0.0991 e. The predicted molar refractivity (Wildman–Crippen MR) is 125 cm³/mol. The van der Waals surface area contributed by atoms with Gasteiger partial charge in [-0.3, -0.25) is 0 Å². The second-order valence-electron chi connectivity index (χ2n) is 9.19. The topological polar surface area (TPSA) is 0 Å². The summed E-state index contributed by atoms with van der Waals surface area (Å²) < 4.78 is 0. The molecule has 0 unspecified atom stereocenters. The average Bonchev–Trinajstić information content (AvgIpc) is 2.60. The van der Waals surface area contributed by atoms with Gasteiger partial charge in [-0.2, -0.15) is 0 Å². The Balaban J connectivity index is 2.51. The van der Waals surface area contributed by atoms with Crippen LogP contribution in [0, 0.1) is 13.8 Å². The summed E-state index contributed by atoms with van der Waals surface area (Å²) in [6.45, 7) is 23.9. The van der Waals surface area contributed by atoms with E-state index in [-0.39, 0.29) is 10.8 Å². The summed E-state index contributed by atoms with van der Waals surface area (Å²) in [6, 6.07) is 15.5. The first-order valence-electron chi connectivity index (χ1n) is 10.2. The van der Waals surface area contributed by atoms with Gasteiger partial charge < -0.3 is 0 Å². The second-order valence-corrected chi connectivity index (χ2v) is 9.19. The van der Waals surface area contributed by atoms with E-state index in [9.17, 15) is 0 Å². The van der Waals surface area contributed by atoms with Crippen molar-refractivity contribution in [1.82, 2.24) is 0 Å². The smallest absolute Gasteiger partial charge is 0.0151 e. The molecule has 0 spiro atoms. The van der Waals surface area contributed by atoms with Gasteiger partial charge in [0.1, 0.15) is 0 Å². The Morgan fingerprint density at radius 2 is 1.54 bits per heavy atom. The van der Waals surface area contributed by atoms with Gasteiger partial charge in [-0.1, -0.05) is 101 Å². The van der Waals surface area contributed by atoms with Gasteiger partial charge in [-0.25, -0.2) is 0 Å². The number of rotatable bonds is 7. The third kappa shape index (κ3) is 4.38. The Morgan fingerprint density at radius 1 is 0.929 bits per heavy atom. The molecule has 0 aliphatic carbocycles. The zero-order valence-corrected chi connectivity index (χ0v) is 18.8. The molecule has 0 aliphatic rings. The van der Waals surface area contributed by atoms with Crippen molar-refractivity contribution in [3.8, 4) is 0 Å². The van der Waals surface area contributed by atoms with Crippen LogP contribution in [0.5, 0.6) is 0 Å². The first-order valence-corrected chi connectivity index (χ1v) is 10.2. The molecule has 0 saturated carbocycles. The van der Waals surface area contributed by atoms with Crippen LogP contribution >= 0.6 is 0 Å². The lowest BCUT2D eigenvalue weighted by Gasteiger charge is -2.33. The summed E-state index contributed by atoms with van der Waals surface area (Å²) in [5.74, 6) is 0. The zero-order chi connectivity index (χ0) is 21.1. The summed E-state index contributed by atoms with van der Waals surface area (Å²) in [5, 5.41) is 0. The molecule has 2 aromatic carbocycles. The molecule has 0 saturated heterocycles. The quantitative estimate of drug-likeness (QED) is 0.435. The summed E-state index contributed by atoms with van der Waals surface area (Å²) in [4.78, 5) is 0. The Morgan fingerprint density at radius 3 is 2.11 bits per heavy atom. The van der Waals surface area contributed by atoms with Gasteiger partial charge >= 0.3 is 0 Å². The maximum atomic E-state index is 4.21. The van der Waals surface area contributed by atoms with Crippen LogP contribution < -0.4 is 0 Å². The molecule has 0 heteroatoms. The highest BCUT2D eigenvalue weighted by Crippen LogP contribution is 2.39. The minimum atomic E-state index is -0.118. The first kappa shape index (κ1) is 22.0. The van der Waals surface area contributed by atoms with Crippen molar-refractivity contribution in [3.63, 3.8) is 0 Å². The van der Waals surface area contributed by atoms with Crippen LogP contribution in [0.1, 0.15) is 62.4 Å². The van der Waals surface area contributed by atoms with E-state index >= 15 is 0 Å². The Hall–Kier alpha value is -2.34. The second kappa shape index (κ2) is 8.35. The molecule has 0 amide bonds. The van der Waals surface area contributed by atoms with E-state index in [1.807, 2.05) is 6.08 Å². The molecule has 0 N–H and O–H groups in total. The van der Waals surface area contributed by atoms with E-state index < -0.39 is 0 Å². The maximum Gasteiger partial charge on any atom is 0.0151 e. The number of hydrogen-bond donors (Lipinski definition) is 0. The molecule has 2 rings (SSSR count). The molecular formula is C28H36. The minimum Gasteiger partial charge on any atom is -0.0991 e. The molecule has 148 valence electrons. The van der Waals surface area contributed by atoms with Crippen molar-refractivity contribution in [2.75, 3.05) is 0 Å². The first-order chi connectivity index (χ1) is 13.0. The van der Waals surface area contributed by atoms with Crippen LogP contribution in [0.15, 0.2) is 78.9 Å². The highest BCUT2D eigenvalue weighted by Gasteiger charge is 2.29. The van der Waals surface area contributed by atoms with Crippen LogP contribution in [-0.2, 0) is 17.3 Å². The molecular weight excluding hydrogens is 336 g/mol. The maximum absolute atomic E-state index is 4.21. The minimum absolute atomic E-state index is 0.0764. The van der Waals surface area contributed by atoms with Crippen LogP contribution in [0.2, 0.25) is 0 Å². The summed E-state index contributed by atoms with van der Waals surface area (Å²) in [6.07, 6.45) is 4.99. The summed E-state index contributed by atoms with van der Waals surface area (Å²) in [5.41, 5.74) is 9.23. The molecule has 0 nitrogen and oxygen atoms in total. The predicted octanol–water partition coefficient (Wildman–Crippen LogP) is 7.79. The van der Waals surface area contributed by atoms with E-state index in [2.05, 4.69) is 110 Å². The Kier molecular flexibility index (Phi) is 6.55. The molecule has 0 aromatic heterocycles. The molecule has 0 atom stereocenters. The lowest BCUT2D eigenvalue weighted by molar-refractivity contribution is 0.516. The van der Waals surface area contributed by atoms with Crippen LogP contribution in [0.25, 0.3) is 0 Å². The highest BCUT2D eigenvalue weighted by molar-refractivity contribution is 5.50. The van der Waals surface area contributed by atoms with Crippen molar-refractivity contribution in [3.05, 3.63) is 107 Å². The molecule has 28 heavy (non-hydrogen) atoms. The number of hydrogen-bond acceptors (Lipinski definition) is 0. The van der Waals surface area contributed by atoms with Gasteiger partial charge in [-0.15, -0.1) is 0 Å².